The highest BCUT2D eigenvalue weighted by molar-refractivity contribution is 5.73. The lowest BCUT2D eigenvalue weighted by atomic mass is 10.1. The number of rotatable bonds is 1. The van der Waals surface area contributed by atoms with Gasteiger partial charge in [0.05, 0.1) is 0 Å². The molecule has 0 aliphatic rings. The number of pyridine rings is 1. The second kappa shape index (κ2) is 3.65. The molecule has 2 aromatic rings. The third-order valence-corrected chi connectivity index (χ3v) is 2.06. The first-order valence-corrected chi connectivity index (χ1v) is 4.34. The molecule has 1 aromatic heterocycles. The van der Waals surface area contributed by atoms with Crippen LogP contribution in [0, 0.1) is 11.6 Å². The number of hydrogen-bond donors (Lipinski definition) is 1. The molecule has 76 valence electrons. The first-order chi connectivity index (χ1) is 7.18. The van der Waals surface area contributed by atoms with Gasteiger partial charge in [-0.3, -0.25) is 0 Å². The Morgan fingerprint density at radius 1 is 1.07 bits per heavy atom. The molecule has 0 saturated carbocycles. The summed E-state index contributed by atoms with van der Waals surface area (Å²) in [5.41, 5.74) is 6.09. The molecule has 0 unspecified atom stereocenters. The average molecular weight is 206 g/mol. The highest BCUT2D eigenvalue weighted by atomic mass is 19.1. The fourth-order valence-corrected chi connectivity index (χ4v) is 1.35. The Bertz CT molecular complexity index is 498. The minimum Gasteiger partial charge on any atom is -0.383 e. The monoisotopic (exact) mass is 206 g/mol. The topological polar surface area (TPSA) is 38.9 Å². The Kier molecular flexibility index (Phi) is 2.33. The fraction of sp³-hybridized carbons (Fsp3) is 0. The van der Waals surface area contributed by atoms with Crippen LogP contribution < -0.4 is 5.73 Å². The summed E-state index contributed by atoms with van der Waals surface area (Å²) < 4.78 is 26.3. The Balaban J connectivity index is 2.64. The van der Waals surface area contributed by atoms with E-state index in [1.54, 1.807) is 12.1 Å². The number of nitrogens with two attached hydrogens (primary N) is 1. The Labute approximate surface area is 85.4 Å². The number of nitrogen functional groups attached to an aromatic ring is 1. The normalized spacial score (nSPS) is 10.3. The quantitative estimate of drug-likeness (QED) is 0.778. The second-order valence-electron chi connectivity index (χ2n) is 3.06. The van der Waals surface area contributed by atoms with Crippen LogP contribution in [0.4, 0.5) is 14.6 Å². The molecule has 4 heteroatoms. The molecule has 0 radical (unpaired) electrons. The predicted molar refractivity (Wildman–Crippen MR) is 54.0 cm³/mol. The van der Waals surface area contributed by atoms with E-state index in [0.717, 1.165) is 18.2 Å². The molecule has 0 bridgehead atoms. The molecule has 1 aromatic carbocycles. The molecule has 2 nitrogen and oxygen atoms in total. The van der Waals surface area contributed by atoms with E-state index in [4.69, 9.17) is 5.73 Å². The van der Waals surface area contributed by atoms with Crippen molar-refractivity contribution < 1.29 is 8.78 Å². The molecule has 2 rings (SSSR count). The minimum atomic E-state index is -0.517. The summed E-state index contributed by atoms with van der Waals surface area (Å²) in [5.74, 6) is -0.840. The summed E-state index contributed by atoms with van der Waals surface area (Å²) in [7, 11) is 0. The van der Waals surface area contributed by atoms with Crippen LogP contribution in [0.25, 0.3) is 11.1 Å². The van der Waals surface area contributed by atoms with E-state index < -0.39 is 11.6 Å². The van der Waals surface area contributed by atoms with E-state index in [1.165, 1.54) is 6.20 Å². The van der Waals surface area contributed by atoms with Crippen molar-refractivity contribution in [3.63, 3.8) is 0 Å². The highest BCUT2D eigenvalue weighted by Crippen LogP contribution is 2.26. The number of benzene rings is 1. The maximum atomic E-state index is 13.4. The first kappa shape index (κ1) is 9.58. The van der Waals surface area contributed by atoms with Crippen molar-refractivity contribution in [3.8, 4) is 11.1 Å². The summed E-state index contributed by atoms with van der Waals surface area (Å²) in [5, 5.41) is 0. The van der Waals surface area contributed by atoms with E-state index >= 15 is 0 Å². The summed E-state index contributed by atoms with van der Waals surface area (Å²) in [6.07, 6.45) is 1.50. The largest absolute Gasteiger partial charge is 0.383 e. The van der Waals surface area contributed by atoms with Crippen molar-refractivity contribution in [3.05, 3.63) is 48.2 Å². The Morgan fingerprint density at radius 3 is 2.60 bits per heavy atom. The summed E-state index contributed by atoms with van der Waals surface area (Å²) >= 11 is 0. The van der Waals surface area contributed by atoms with Crippen LogP contribution in [0.2, 0.25) is 0 Å². The van der Waals surface area contributed by atoms with Crippen molar-refractivity contribution in [1.29, 1.82) is 0 Å². The minimum absolute atomic E-state index is 0.126. The molecular weight excluding hydrogens is 198 g/mol. The zero-order valence-electron chi connectivity index (χ0n) is 7.74. The highest BCUT2D eigenvalue weighted by Gasteiger charge is 2.09. The van der Waals surface area contributed by atoms with Gasteiger partial charge in [-0.05, 0) is 30.3 Å². The average Bonchev–Trinajstić information content (AvgIpc) is 2.23. The molecular formula is C11H8F2N2. The van der Waals surface area contributed by atoms with Crippen LogP contribution in [-0.2, 0) is 0 Å². The van der Waals surface area contributed by atoms with Crippen molar-refractivity contribution in [2.75, 3.05) is 5.73 Å². The lowest BCUT2D eigenvalue weighted by Crippen LogP contribution is -1.95. The summed E-state index contributed by atoms with van der Waals surface area (Å²) in [4.78, 5) is 3.81. The number of halogens is 2. The van der Waals surface area contributed by atoms with Crippen LogP contribution in [0.5, 0.6) is 0 Å². The lowest BCUT2D eigenvalue weighted by molar-refractivity contribution is 0.603. The maximum absolute atomic E-state index is 13.4. The summed E-state index contributed by atoms with van der Waals surface area (Å²) in [6.45, 7) is 0. The van der Waals surface area contributed by atoms with E-state index in [9.17, 15) is 8.78 Å². The number of anilines is 1. The smallest absolute Gasteiger partial charge is 0.131 e. The van der Waals surface area contributed by atoms with E-state index in [0.29, 0.717) is 5.56 Å². The fourth-order valence-electron chi connectivity index (χ4n) is 1.35. The van der Waals surface area contributed by atoms with Crippen LogP contribution >= 0.6 is 0 Å². The van der Waals surface area contributed by atoms with Gasteiger partial charge in [-0.15, -0.1) is 0 Å². The third-order valence-electron chi connectivity index (χ3n) is 2.06. The molecule has 2 N–H and O–H groups in total. The van der Waals surface area contributed by atoms with Gasteiger partial charge >= 0.3 is 0 Å². The standard InChI is InChI=1S/C11H8F2N2/c12-7-3-4-10(13)9(6-7)8-2-1-5-15-11(8)14/h1-6H,(H2,14,15). The van der Waals surface area contributed by atoms with Crippen molar-refractivity contribution in [1.82, 2.24) is 4.98 Å². The molecule has 0 spiro atoms. The molecule has 0 aliphatic carbocycles. The van der Waals surface area contributed by atoms with Gasteiger partial charge in [-0.2, -0.15) is 0 Å². The molecule has 0 aliphatic heterocycles. The van der Waals surface area contributed by atoms with Gasteiger partial charge in [0.25, 0.3) is 0 Å². The summed E-state index contributed by atoms with van der Waals surface area (Å²) in [6, 6.07) is 6.45. The SMILES string of the molecule is Nc1ncccc1-c1cc(F)ccc1F. The van der Waals surface area contributed by atoms with Gasteiger partial charge in [-0.1, -0.05) is 0 Å². The van der Waals surface area contributed by atoms with Crippen LogP contribution in [0.15, 0.2) is 36.5 Å². The van der Waals surface area contributed by atoms with Gasteiger partial charge in [0.15, 0.2) is 0 Å². The molecule has 0 amide bonds. The van der Waals surface area contributed by atoms with E-state index in [-0.39, 0.29) is 11.4 Å². The van der Waals surface area contributed by atoms with Crippen LogP contribution in [0.1, 0.15) is 0 Å². The molecule has 0 saturated heterocycles. The third kappa shape index (κ3) is 1.79. The van der Waals surface area contributed by atoms with Gasteiger partial charge in [-0.25, -0.2) is 13.8 Å². The van der Waals surface area contributed by atoms with Gasteiger partial charge < -0.3 is 5.73 Å². The van der Waals surface area contributed by atoms with E-state index in [2.05, 4.69) is 4.98 Å². The molecule has 0 fully saturated rings. The number of aromatic nitrogens is 1. The predicted octanol–water partition coefficient (Wildman–Crippen LogP) is 2.61. The van der Waals surface area contributed by atoms with Crippen molar-refractivity contribution >= 4 is 5.82 Å². The van der Waals surface area contributed by atoms with E-state index in [1.807, 2.05) is 0 Å². The molecule has 0 atom stereocenters. The maximum Gasteiger partial charge on any atom is 0.131 e. The zero-order chi connectivity index (χ0) is 10.8. The number of nitrogens with zero attached hydrogens (tertiary/aromatic N) is 1. The zero-order valence-corrected chi connectivity index (χ0v) is 7.74. The van der Waals surface area contributed by atoms with Gasteiger partial charge in [0.1, 0.15) is 17.5 Å². The Hall–Kier alpha value is -1.97. The van der Waals surface area contributed by atoms with Crippen molar-refractivity contribution in [2.24, 2.45) is 0 Å². The Morgan fingerprint density at radius 2 is 1.87 bits per heavy atom. The lowest BCUT2D eigenvalue weighted by Gasteiger charge is -2.05. The van der Waals surface area contributed by atoms with Crippen molar-refractivity contribution in [2.45, 2.75) is 0 Å². The van der Waals surface area contributed by atoms with Crippen LogP contribution in [-0.4, -0.2) is 4.98 Å². The van der Waals surface area contributed by atoms with Gasteiger partial charge in [0, 0.05) is 17.3 Å². The first-order valence-electron chi connectivity index (χ1n) is 4.34. The molecule has 15 heavy (non-hydrogen) atoms. The number of hydrogen-bond acceptors (Lipinski definition) is 2. The second-order valence-corrected chi connectivity index (χ2v) is 3.06. The van der Waals surface area contributed by atoms with Crippen LogP contribution in [0.3, 0.4) is 0 Å². The molecule has 1 heterocycles. The van der Waals surface area contributed by atoms with Gasteiger partial charge in [0.2, 0.25) is 0 Å².